The molecule has 0 saturated heterocycles. The summed E-state index contributed by atoms with van der Waals surface area (Å²) in [5, 5.41) is 12.4. The summed E-state index contributed by atoms with van der Waals surface area (Å²) in [6.45, 7) is 1.01. The Morgan fingerprint density at radius 2 is 1.81 bits per heavy atom. The molecule has 0 spiro atoms. The van der Waals surface area contributed by atoms with E-state index in [2.05, 4.69) is 28.5 Å². The lowest BCUT2D eigenvalue weighted by atomic mass is 10.1. The fourth-order valence-electron chi connectivity index (χ4n) is 3.08. The van der Waals surface area contributed by atoms with Gasteiger partial charge in [-0.1, -0.05) is 48.5 Å². The molecule has 1 aromatic heterocycles. The first-order chi connectivity index (χ1) is 12.8. The third kappa shape index (κ3) is 3.55. The summed E-state index contributed by atoms with van der Waals surface area (Å²) < 4.78 is 11.5. The van der Waals surface area contributed by atoms with Gasteiger partial charge >= 0.3 is 0 Å². The molecule has 0 radical (unpaired) electrons. The molecule has 4 rings (SSSR count). The van der Waals surface area contributed by atoms with Crippen LogP contribution in [0.4, 0.5) is 5.88 Å². The van der Waals surface area contributed by atoms with Crippen LogP contribution in [0.15, 0.2) is 65.1 Å². The molecular formula is C21H19N3O2. The van der Waals surface area contributed by atoms with Crippen molar-refractivity contribution < 1.29 is 9.15 Å². The molecule has 0 unspecified atom stereocenters. The van der Waals surface area contributed by atoms with Crippen LogP contribution >= 0.6 is 0 Å². The minimum atomic E-state index is 0.251. The molecular weight excluding hydrogens is 326 g/mol. The largest absolute Gasteiger partial charge is 0.492 e. The van der Waals surface area contributed by atoms with Crippen molar-refractivity contribution in [3.8, 4) is 11.8 Å². The second-order valence-corrected chi connectivity index (χ2v) is 6.29. The van der Waals surface area contributed by atoms with E-state index >= 15 is 0 Å². The second kappa shape index (κ2) is 7.32. The SMILES string of the molecule is N#Cc1nc([C@H]2C[C@H]2c2ccccc2)oc1NCCOc1ccccc1. The fourth-order valence-corrected chi connectivity index (χ4v) is 3.08. The van der Waals surface area contributed by atoms with Crippen molar-refractivity contribution in [1.82, 2.24) is 4.98 Å². The van der Waals surface area contributed by atoms with Crippen molar-refractivity contribution in [1.29, 1.82) is 5.26 Å². The van der Waals surface area contributed by atoms with Crippen LogP contribution in [0.1, 0.15) is 35.4 Å². The van der Waals surface area contributed by atoms with Gasteiger partial charge in [0.15, 0.2) is 0 Å². The first-order valence-corrected chi connectivity index (χ1v) is 8.72. The van der Waals surface area contributed by atoms with Crippen LogP contribution in [-0.4, -0.2) is 18.1 Å². The number of nitriles is 1. The predicted octanol–water partition coefficient (Wildman–Crippen LogP) is 4.31. The van der Waals surface area contributed by atoms with E-state index in [9.17, 15) is 5.26 Å². The van der Waals surface area contributed by atoms with Gasteiger partial charge in [0, 0.05) is 5.92 Å². The zero-order valence-corrected chi connectivity index (χ0v) is 14.3. The molecule has 5 heteroatoms. The van der Waals surface area contributed by atoms with E-state index in [4.69, 9.17) is 9.15 Å². The van der Waals surface area contributed by atoms with Gasteiger partial charge in [0.05, 0.1) is 6.54 Å². The summed E-state index contributed by atoms with van der Waals surface area (Å²) in [6, 6.07) is 22.1. The maximum Gasteiger partial charge on any atom is 0.232 e. The Morgan fingerprint density at radius 3 is 2.54 bits per heavy atom. The van der Waals surface area contributed by atoms with Crippen LogP contribution in [0.25, 0.3) is 0 Å². The molecule has 1 saturated carbocycles. The number of anilines is 1. The number of para-hydroxylation sites is 1. The number of ether oxygens (including phenoxy) is 1. The number of nitrogens with zero attached hydrogens (tertiary/aromatic N) is 2. The lowest BCUT2D eigenvalue weighted by Gasteiger charge is -2.06. The molecule has 2 atom stereocenters. The van der Waals surface area contributed by atoms with Crippen molar-refractivity contribution in [3.63, 3.8) is 0 Å². The van der Waals surface area contributed by atoms with Gasteiger partial charge in [0.2, 0.25) is 17.5 Å². The van der Waals surface area contributed by atoms with E-state index in [0.29, 0.717) is 36.5 Å². The smallest absolute Gasteiger partial charge is 0.232 e. The van der Waals surface area contributed by atoms with E-state index in [1.807, 2.05) is 48.5 Å². The number of hydrogen-bond acceptors (Lipinski definition) is 5. The molecule has 130 valence electrons. The molecule has 2 aromatic carbocycles. The molecule has 0 aliphatic heterocycles. The Morgan fingerprint density at radius 1 is 1.08 bits per heavy atom. The van der Waals surface area contributed by atoms with Crippen LogP contribution in [0.5, 0.6) is 5.75 Å². The molecule has 0 bridgehead atoms. The van der Waals surface area contributed by atoms with Gasteiger partial charge in [-0.05, 0) is 30.0 Å². The van der Waals surface area contributed by atoms with Gasteiger partial charge in [0.25, 0.3) is 0 Å². The molecule has 1 heterocycles. The molecule has 3 aromatic rings. The minimum Gasteiger partial charge on any atom is -0.492 e. The van der Waals surface area contributed by atoms with Gasteiger partial charge < -0.3 is 14.5 Å². The Hall–Kier alpha value is -3.26. The van der Waals surface area contributed by atoms with Gasteiger partial charge in [-0.3, -0.25) is 0 Å². The topological polar surface area (TPSA) is 71.1 Å². The maximum absolute atomic E-state index is 9.31. The number of oxazole rings is 1. The van der Waals surface area contributed by atoms with Crippen molar-refractivity contribution >= 4 is 5.88 Å². The van der Waals surface area contributed by atoms with E-state index in [1.165, 1.54) is 5.56 Å². The number of nitrogens with one attached hydrogen (secondary N) is 1. The lowest BCUT2D eigenvalue weighted by molar-refractivity contribution is 0.331. The number of aromatic nitrogens is 1. The van der Waals surface area contributed by atoms with E-state index in [-0.39, 0.29) is 5.92 Å². The van der Waals surface area contributed by atoms with E-state index in [0.717, 1.165) is 12.2 Å². The Balaban J connectivity index is 1.35. The highest BCUT2D eigenvalue weighted by Crippen LogP contribution is 2.54. The number of hydrogen-bond donors (Lipinski definition) is 1. The average Bonchev–Trinajstić information content (AvgIpc) is 3.40. The monoisotopic (exact) mass is 345 g/mol. The summed E-state index contributed by atoms with van der Waals surface area (Å²) >= 11 is 0. The summed E-state index contributed by atoms with van der Waals surface area (Å²) in [5.41, 5.74) is 1.60. The van der Waals surface area contributed by atoms with Gasteiger partial charge in [-0.2, -0.15) is 5.26 Å². The highest BCUT2D eigenvalue weighted by atomic mass is 16.5. The first kappa shape index (κ1) is 16.2. The summed E-state index contributed by atoms with van der Waals surface area (Å²) in [5.74, 6) is 2.56. The highest BCUT2D eigenvalue weighted by molar-refractivity contribution is 5.46. The van der Waals surface area contributed by atoms with Gasteiger partial charge in [-0.25, -0.2) is 4.98 Å². The Labute approximate surface area is 152 Å². The normalized spacial score (nSPS) is 18.1. The van der Waals surface area contributed by atoms with Crippen LogP contribution in [0.3, 0.4) is 0 Å². The molecule has 1 fully saturated rings. The van der Waals surface area contributed by atoms with Crippen LogP contribution in [0.2, 0.25) is 0 Å². The Kier molecular flexibility index (Phi) is 4.57. The molecule has 1 aliphatic rings. The van der Waals surface area contributed by atoms with Crippen LogP contribution in [0, 0.1) is 11.3 Å². The quantitative estimate of drug-likeness (QED) is 0.646. The molecule has 1 aliphatic carbocycles. The molecule has 26 heavy (non-hydrogen) atoms. The van der Waals surface area contributed by atoms with Crippen LogP contribution < -0.4 is 10.1 Å². The molecule has 5 nitrogen and oxygen atoms in total. The summed E-state index contributed by atoms with van der Waals surface area (Å²) in [7, 11) is 0. The molecule has 1 N–H and O–H groups in total. The summed E-state index contributed by atoms with van der Waals surface area (Å²) in [6.07, 6.45) is 1.01. The third-order valence-corrected chi connectivity index (χ3v) is 4.48. The lowest BCUT2D eigenvalue weighted by Crippen LogP contribution is -2.11. The zero-order chi connectivity index (χ0) is 17.8. The molecule has 0 amide bonds. The van der Waals surface area contributed by atoms with Gasteiger partial charge in [-0.15, -0.1) is 0 Å². The predicted molar refractivity (Wildman–Crippen MR) is 98.2 cm³/mol. The van der Waals surface area contributed by atoms with Crippen molar-refractivity contribution in [3.05, 3.63) is 77.8 Å². The standard InChI is InChI=1S/C21H19N3O2/c22-14-19-21(23-11-12-25-16-9-5-2-6-10-16)26-20(24-19)18-13-17(18)15-7-3-1-4-8-15/h1-10,17-18,23H,11-13H2/t17-,18-/m0/s1. The number of rotatable bonds is 7. The maximum atomic E-state index is 9.31. The van der Waals surface area contributed by atoms with Crippen molar-refractivity contribution in [2.75, 3.05) is 18.5 Å². The average molecular weight is 345 g/mol. The second-order valence-electron chi connectivity index (χ2n) is 6.29. The first-order valence-electron chi connectivity index (χ1n) is 8.72. The minimum absolute atomic E-state index is 0.251. The Bertz CT molecular complexity index is 900. The van der Waals surface area contributed by atoms with E-state index < -0.39 is 0 Å². The summed E-state index contributed by atoms with van der Waals surface area (Å²) in [4.78, 5) is 4.37. The zero-order valence-electron chi connectivity index (χ0n) is 14.3. The van der Waals surface area contributed by atoms with Crippen LogP contribution in [-0.2, 0) is 0 Å². The van der Waals surface area contributed by atoms with Crippen molar-refractivity contribution in [2.45, 2.75) is 18.3 Å². The third-order valence-electron chi connectivity index (χ3n) is 4.48. The number of benzene rings is 2. The van der Waals surface area contributed by atoms with Crippen molar-refractivity contribution in [2.24, 2.45) is 0 Å². The fraction of sp³-hybridized carbons (Fsp3) is 0.238. The highest BCUT2D eigenvalue weighted by Gasteiger charge is 2.43. The van der Waals surface area contributed by atoms with E-state index in [1.54, 1.807) is 0 Å². The van der Waals surface area contributed by atoms with Gasteiger partial charge in [0.1, 0.15) is 18.4 Å².